The summed E-state index contributed by atoms with van der Waals surface area (Å²) in [6.45, 7) is 0. The maximum Gasteiger partial charge on any atom is 0.249 e. The average molecular weight is 419 g/mol. The molecule has 26 heavy (non-hydrogen) atoms. The Morgan fingerprint density at radius 3 is 2.54 bits per heavy atom. The highest BCUT2D eigenvalue weighted by Crippen LogP contribution is 2.44. The molecule has 0 aliphatic carbocycles. The Morgan fingerprint density at radius 2 is 1.81 bits per heavy atom. The Morgan fingerprint density at radius 1 is 1.08 bits per heavy atom. The van der Waals surface area contributed by atoms with E-state index in [-0.39, 0.29) is 0 Å². The molecule has 3 nitrogen and oxygen atoms in total. The number of halogens is 2. The summed E-state index contributed by atoms with van der Waals surface area (Å²) in [5.74, 6) is -0.458. The Hall–Kier alpha value is -1.92. The van der Waals surface area contributed by atoms with Crippen LogP contribution < -0.4 is 5.73 Å². The van der Waals surface area contributed by atoms with Crippen LogP contribution in [0.5, 0.6) is 0 Å². The topological polar surface area (TPSA) is 58.9 Å². The quantitative estimate of drug-likeness (QED) is 0.399. The van der Waals surface area contributed by atoms with E-state index in [1.807, 2.05) is 35.7 Å². The van der Waals surface area contributed by atoms with Crippen LogP contribution in [0.15, 0.2) is 63.7 Å². The molecule has 1 amide bonds. The minimum atomic E-state index is -0.458. The van der Waals surface area contributed by atoms with E-state index in [4.69, 9.17) is 28.9 Å². The number of benzene rings is 2. The van der Waals surface area contributed by atoms with Crippen molar-refractivity contribution in [3.63, 3.8) is 0 Å². The lowest BCUT2D eigenvalue weighted by molar-refractivity contribution is 0.100. The first kappa shape index (κ1) is 17.5. The standard InChI is InChI=1S/C19H12Cl2N2OS2/c20-10-7-11(21)9-12(8-10)26-18-16(23-15-5-6-25-17(15)18)13-3-1-2-4-14(13)19(22)24/h1-9,23H,(H2,22,24). The summed E-state index contributed by atoms with van der Waals surface area (Å²) in [5, 5.41) is 3.19. The Bertz CT molecular complexity index is 1110. The summed E-state index contributed by atoms with van der Waals surface area (Å²) in [6, 6.07) is 14.8. The fourth-order valence-electron chi connectivity index (χ4n) is 2.80. The van der Waals surface area contributed by atoms with E-state index < -0.39 is 5.91 Å². The van der Waals surface area contributed by atoms with Gasteiger partial charge in [0.15, 0.2) is 0 Å². The van der Waals surface area contributed by atoms with Gasteiger partial charge in [0.1, 0.15) is 0 Å². The molecular formula is C19H12Cl2N2OS2. The number of aromatic amines is 1. The number of fused-ring (bicyclic) bond motifs is 1. The molecule has 0 bridgehead atoms. The number of H-pyrrole nitrogens is 1. The lowest BCUT2D eigenvalue weighted by atomic mass is 10.0. The first-order chi connectivity index (χ1) is 12.5. The number of primary amides is 1. The van der Waals surface area contributed by atoms with Crippen LogP contribution in [0.25, 0.3) is 21.5 Å². The van der Waals surface area contributed by atoms with E-state index in [0.29, 0.717) is 15.6 Å². The zero-order valence-corrected chi connectivity index (χ0v) is 16.4. The number of carbonyl (C=O) groups is 1. The predicted molar refractivity (Wildman–Crippen MR) is 111 cm³/mol. The van der Waals surface area contributed by atoms with Crippen molar-refractivity contribution < 1.29 is 4.79 Å². The van der Waals surface area contributed by atoms with Gasteiger partial charge in [-0.05, 0) is 35.7 Å². The highest BCUT2D eigenvalue weighted by molar-refractivity contribution is 7.99. The lowest BCUT2D eigenvalue weighted by Crippen LogP contribution is -2.12. The number of carbonyl (C=O) groups excluding carboxylic acids is 1. The maximum atomic E-state index is 11.9. The summed E-state index contributed by atoms with van der Waals surface area (Å²) in [7, 11) is 0. The van der Waals surface area contributed by atoms with Gasteiger partial charge in [0.2, 0.25) is 5.91 Å². The Kier molecular flexibility index (Phi) is 4.71. The number of thiophene rings is 1. The molecule has 0 aliphatic rings. The van der Waals surface area contributed by atoms with Crippen molar-refractivity contribution in [3.05, 3.63) is 69.5 Å². The van der Waals surface area contributed by atoms with Crippen LogP contribution in [0.3, 0.4) is 0 Å². The van der Waals surface area contributed by atoms with E-state index in [9.17, 15) is 4.79 Å². The van der Waals surface area contributed by atoms with Gasteiger partial charge in [-0.2, -0.15) is 0 Å². The maximum absolute atomic E-state index is 11.9. The number of nitrogens with one attached hydrogen (secondary N) is 1. The Balaban J connectivity index is 1.91. The summed E-state index contributed by atoms with van der Waals surface area (Å²) < 4.78 is 1.11. The molecular weight excluding hydrogens is 407 g/mol. The molecule has 4 rings (SSSR count). The molecule has 0 aliphatic heterocycles. The van der Waals surface area contributed by atoms with Gasteiger partial charge in [-0.15, -0.1) is 11.3 Å². The highest BCUT2D eigenvalue weighted by Gasteiger charge is 2.19. The third-order valence-corrected chi connectivity index (χ3v) is 6.46. The number of hydrogen-bond donors (Lipinski definition) is 2. The van der Waals surface area contributed by atoms with E-state index in [1.54, 1.807) is 41.3 Å². The molecule has 3 N–H and O–H groups in total. The van der Waals surface area contributed by atoms with E-state index in [0.717, 1.165) is 31.3 Å². The molecule has 0 saturated carbocycles. The fourth-order valence-corrected chi connectivity index (χ4v) is 5.59. The molecule has 2 heterocycles. The Labute approximate surface area is 168 Å². The first-order valence-corrected chi connectivity index (χ1v) is 10.1. The van der Waals surface area contributed by atoms with Crippen molar-refractivity contribution in [1.82, 2.24) is 4.98 Å². The summed E-state index contributed by atoms with van der Waals surface area (Å²) >= 11 is 15.5. The first-order valence-electron chi connectivity index (χ1n) is 7.65. The highest BCUT2D eigenvalue weighted by atomic mass is 35.5. The molecule has 2 aromatic heterocycles. The second-order valence-electron chi connectivity index (χ2n) is 5.61. The van der Waals surface area contributed by atoms with E-state index in [2.05, 4.69) is 4.98 Å². The van der Waals surface area contributed by atoms with Crippen molar-refractivity contribution >= 4 is 62.4 Å². The van der Waals surface area contributed by atoms with Gasteiger partial charge in [-0.3, -0.25) is 4.79 Å². The summed E-state index contributed by atoms with van der Waals surface area (Å²) in [4.78, 5) is 17.2. The average Bonchev–Trinajstić information content (AvgIpc) is 3.16. The minimum Gasteiger partial charge on any atom is -0.366 e. The van der Waals surface area contributed by atoms with Gasteiger partial charge >= 0.3 is 0 Å². The van der Waals surface area contributed by atoms with Crippen molar-refractivity contribution in [2.75, 3.05) is 0 Å². The molecule has 0 unspecified atom stereocenters. The number of amides is 1. The molecule has 0 radical (unpaired) electrons. The lowest BCUT2D eigenvalue weighted by Gasteiger charge is -2.09. The third kappa shape index (κ3) is 3.23. The van der Waals surface area contributed by atoms with Gasteiger partial charge in [0.25, 0.3) is 0 Å². The molecule has 0 spiro atoms. The molecule has 2 aromatic carbocycles. The fraction of sp³-hybridized carbons (Fsp3) is 0. The summed E-state index contributed by atoms with van der Waals surface area (Å²) in [5.41, 5.74) is 8.70. The number of aromatic nitrogens is 1. The van der Waals surface area contributed by atoms with Crippen LogP contribution in [0, 0.1) is 0 Å². The molecule has 0 fully saturated rings. The minimum absolute atomic E-state index is 0.458. The van der Waals surface area contributed by atoms with E-state index in [1.165, 1.54) is 0 Å². The monoisotopic (exact) mass is 418 g/mol. The van der Waals surface area contributed by atoms with Crippen LogP contribution in [-0.4, -0.2) is 10.9 Å². The SMILES string of the molecule is NC(=O)c1ccccc1-c1[nH]c2ccsc2c1Sc1cc(Cl)cc(Cl)c1. The predicted octanol–water partition coefficient (Wildman–Crippen LogP) is 6.45. The van der Waals surface area contributed by atoms with Crippen LogP contribution in [0.2, 0.25) is 10.0 Å². The molecule has 0 saturated heterocycles. The van der Waals surface area contributed by atoms with Crippen molar-refractivity contribution in [2.24, 2.45) is 5.73 Å². The van der Waals surface area contributed by atoms with Gasteiger partial charge in [0.05, 0.1) is 20.8 Å². The zero-order valence-electron chi connectivity index (χ0n) is 13.3. The second kappa shape index (κ2) is 7.00. The number of hydrogen-bond acceptors (Lipinski definition) is 3. The van der Waals surface area contributed by atoms with Gasteiger partial charge in [-0.1, -0.05) is 53.2 Å². The molecule has 130 valence electrons. The second-order valence-corrected chi connectivity index (χ2v) is 8.48. The number of nitrogens with two attached hydrogens (primary N) is 1. The van der Waals surface area contributed by atoms with Gasteiger partial charge < -0.3 is 10.7 Å². The smallest absolute Gasteiger partial charge is 0.249 e. The summed E-state index contributed by atoms with van der Waals surface area (Å²) in [6.07, 6.45) is 0. The largest absolute Gasteiger partial charge is 0.366 e. The third-order valence-electron chi connectivity index (χ3n) is 3.88. The van der Waals surface area contributed by atoms with Crippen molar-refractivity contribution in [1.29, 1.82) is 0 Å². The van der Waals surface area contributed by atoms with Crippen LogP contribution in [0.1, 0.15) is 10.4 Å². The molecule has 7 heteroatoms. The van der Waals surface area contributed by atoms with Crippen molar-refractivity contribution in [2.45, 2.75) is 9.79 Å². The number of rotatable bonds is 4. The van der Waals surface area contributed by atoms with Gasteiger partial charge in [0, 0.05) is 26.1 Å². The van der Waals surface area contributed by atoms with Crippen LogP contribution in [0.4, 0.5) is 0 Å². The molecule has 4 aromatic rings. The zero-order chi connectivity index (χ0) is 18.3. The van der Waals surface area contributed by atoms with Crippen molar-refractivity contribution in [3.8, 4) is 11.3 Å². The van der Waals surface area contributed by atoms with Crippen LogP contribution in [-0.2, 0) is 0 Å². The van der Waals surface area contributed by atoms with Gasteiger partial charge in [-0.25, -0.2) is 0 Å². The normalized spacial score (nSPS) is 11.2. The van der Waals surface area contributed by atoms with Crippen LogP contribution >= 0.6 is 46.3 Å². The van der Waals surface area contributed by atoms with E-state index >= 15 is 0 Å². The molecule has 0 atom stereocenters.